The largest absolute Gasteiger partial charge is 0.504 e. The van der Waals surface area contributed by atoms with E-state index in [1.807, 2.05) is 0 Å². The predicted molar refractivity (Wildman–Crippen MR) is 56.3 cm³/mol. The quantitative estimate of drug-likeness (QED) is 0.646. The third-order valence-electron chi connectivity index (χ3n) is 1.86. The zero-order chi connectivity index (χ0) is 11.5. The summed E-state index contributed by atoms with van der Waals surface area (Å²) >= 11 is 0. The first-order valence-electron chi connectivity index (χ1n) is 4.34. The number of hydrogen-bond acceptors (Lipinski definition) is 4. The fourth-order valence-corrected chi connectivity index (χ4v) is 1.62. The van der Waals surface area contributed by atoms with Gasteiger partial charge in [-0.25, -0.2) is 13.1 Å². The molecule has 0 radical (unpaired) electrons. The average Bonchev–Trinajstić information content (AvgIpc) is 2.10. The van der Waals surface area contributed by atoms with Crippen LogP contribution in [0.2, 0.25) is 0 Å². The molecular weight excluding hydrogens is 218 g/mol. The molecule has 6 heteroatoms. The molecule has 0 aliphatic rings. The predicted octanol–water partition coefficient (Wildman–Crippen LogP) is 0.189. The Kier molecular flexibility index (Phi) is 3.54. The van der Waals surface area contributed by atoms with Crippen molar-refractivity contribution in [2.24, 2.45) is 0 Å². The second kappa shape index (κ2) is 4.50. The van der Waals surface area contributed by atoms with Gasteiger partial charge in [0, 0.05) is 6.54 Å². The van der Waals surface area contributed by atoms with Gasteiger partial charge in [0.2, 0.25) is 10.0 Å². The van der Waals surface area contributed by atoms with Crippen LogP contribution in [0.3, 0.4) is 0 Å². The number of sulfonamides is 1. The van der Waals surface area contributed by atoms with Crippen LogP contribution in [0.1, 0.15) is 5.56 Å². The summed E-state index contributed by atoms with van der Waals surface area (Å²) in [5.74, 6) is -0.403. The van der Waals surface area contributed by atoms with Crippen molar-refractivity contribution in [1.82, 2.24) is 4.72 Å². The van der Waals surface area contributed by atoms with E-state index in [4.69, 9.17) is 0 Å². The van der Waals surface area contributed by atoms with E-state index < -0.39 is 10.0 Å². The maximum Gasteiger partial charge on any atom is 0.208 e. The summed E-state index contributed by atoms with van der Waals surface area (Å²) in [4.78, 5) is 0. The van der Waals surface area contributed by atoms with Crippen LogP contribution in [-0.2, 0) is 16.4 Å². The van der Waals surface area contributed by atoms with Crippen LogP contribution in [0.15, 0.2) is 18.2 Å². The van der Waals surface area contributed by atoms with Crippen LogP contribution in [0, 0.1) is 0 Å². The van der Waals surface area contributed by atoms with Gasteiger partial charge in [0.25, 0.3) is 0 Å². The number of phenolic OH excluding ortho intramolecular Hbond substituents is 2. The van der Waals surface area contributed by atoms with E-state index in [-0.39, 0.29) is 18.0 Å². The van der Waals surface area contributed by atoms with Crippen molar-refractivity contribution in [2.75, 3.05) is 12.8 Å². The summed E-state index contributed by atoms with van der Waals surface area (Å²) in [6.45, 7) is 0.190. The highest BCUT2D eigenvalue weighted by Gasteiger charge is 2.06. The van der Waals surface area contributed by atoms with Gasteiger partial charge in [0.1, 0.15) is 0 Å². The number of rotatable bonds is 4. The third-order valence-corrected chi connectivity index (χ3v) is 2.59. The Labute approximate surface area is 88.4 Å². The molecule has 0 saturated carbocycles. The van der Waals surface area contributed by atoms with E-state index in [0.29, 0.717) is 12.0 Å². The third kappa shape index (κ3) is 3.77. The molecule has 0 saturated heterocycles. The lowest BCUT2D eigenvalue weighted by molar-refractivity contribution is 0.399. The molecule has 0 bridgehead atoms. The molecule has 15 heavy (non-hydrogen) atoms. The van der Waals surface area contributed by atoms with Crippen molar-refractivity contribution in [3.63, 3.8) is 0 Å². The summed E-state index contributed by atoms with van der Waals surface area (Å²) in [5, 5.41) is 18.6. The lowest BCUT2D eigenvalue weighted by Gasteiger charge is -2.06. The van der Waals surface area contributed by atoms with Gasteiger partial charge in [-0.3, -0.25) is 0 Å². The molecule has 0 unspecified atom stereocenters. The van der Waals surface area contributed by atoms with Crippen molar-refractivity contribution in [3.8, 4) is 11.5 Å². The molecule has 1 aromatic rings. The van der Waals surface area contributed by atoms with Gasteiger partial charge in [-0.2, -0.15) is 0 Å². The van der Waals surface area contributed by atoms with Gasteiger partial charge in [-0.15, -0.1) is 0 Å². The molecule has 0 heterocycles. The minimum atomic E-state index is -3.21. The smallest absolute Gasteiger partial charge is 0.208 e. The normalized spacial score (nSPS) is 11.5. The standard InChI is InChI=1S/C9H13NO4S/c1-15(13,14)10-6-5-7-3-2-4-8(11)9(7)12/h2-4,10-12H,5-6H2,1H3. The van der Waals surface area contributed by atoms with Crippen molar-refractivity contribution >= 4 is 10.0 Å². The van der Waals surface area contributed by atoms with E-state index in [9.17, 15) is 18.6 Å². The first kappa shape index (κ1) is 11.8. The molecule has 1 rings (SSSR count). The Balaban J connectivity index is 2.62. The molecule has 1 aromatic carbocycles. The molecule has 3 N–H and O–H groups in total. The van der Waals surface area contributed by atoms with Crippen molar-refractivity contribution < 1.29 is 18.6 Å². The first-order valence-corrected chi connectivity index (χ1v) is 6.24. The SMILES string of the molecule is CS(=O)(=O)NCCc1cccc(O)c1O. The lowest BCUT2D eigenvalue weighted by atomic mass is 10.1. The summed E-state index contributed by atoms with van der Waals surface area (Å²) < 4.78 is 23.8. The minimum Gasteiger partial charge on any atom is -0.504 e. The van der Waals surface area contributed by atoms with Gasteiger partial charge in [-0.1, -0.05) is 12.1 Å². The second-order valence-electron chi connectivity index (χ2n) is 3.20. The molecular formula is C9H13NO4S. The van der Waals surface area contributed by atoms with Crippen LogP contribution >= 0.6 is 0 Å². The molecule has 0 aromatic heterocycles. The molecule has 0 spiro atoms. The zero-order valence-corrected chi connectivity index (χ0v) is 9.08. The lowest BCUT2D eigenvalue weighted by Crippen LogP contribution is -2.24. The fraction of sp³-hybridized carbons (Fsp3) is 0.333. The Morgan fingerprint density at radius 3 is 2.60 bits per heavy atom. The van der Waals surface area contributed by atoms with Crippen molar-refractivity contribution in [3.05, 3.63) is 23.8 Å². The van der Waals surface area contributed by atoms with Crippen LogP contribution < -0.4 is 4.72 Å². The number of phenols is 2. The topological polar surface area (TPSA) is 86.6 Å². The first-order chi connectivity index (χ1) is 6.90. The maximum absolute atomic E-state index is 10.8. The number of nitrogens with one attached hydrogen (secondary N) is 1. The fourth-order valence-electron chi connectivity index (χ4n) is 1.15. The van der Waals surface area contributed by atoms with Crippen LogP contribution in [-0.4, -0.2) is 31.4 Å². The van der Waals surface area contributed by atoms with Crippen molar-refractivity contribution in [1.29, 1.82) is 0 Å². The van der Waals surface area contributed by atoms with E-state index in [1.165, 1.54) is 6.07 Å². The molecule has 84 valence electrons. The average molecular weight is 231 g/mol. The molecule has 5 nitrogen and oxygen atoms in total. The van der Waals surface area contributed by atoms with Crippen LogP contribution in [0.4, 0.5) is 0 Å². The molecule has 0 aliphatic carbocycles. The Bertz CT molecular complexity index is 441. The van der Waals surface area contributed by atoms with E-state index in [0.717, 1.165) is 6.26 Å². The highest BCUT2D eigenvalue weighted by atomic mass is 32.2. The van der Waals surface area contributed by atoms with Gasteiger partial charge in [-0.05, 0) is 18.1 Å². The Morgan fingerprint density at radius 1 is 1.33 bits per heavy atom. The van der Waals surface area contributed by atoms with Gasteiger partial charge < -0.3 is 10.2 Å². The summed E-state index contributed by atoms with van der Waals surface area (Å²) in [6, 6.07) is 4.58. The van der Waals surface area contributed by atoms with Crippen LogP contribution in [0.5, 0.6) is 11.5 Å². The van der Waals surface area contributed by atoms with E-state index in [1.54, 1.807) is 12.1 Å². The number of aromatic hydroxyl groups is 2. The van der Waals surface area contributed by atoms with Gasteiger partial charge in [0.15, 0.2) is 11.5 Å². The maximum atomic E-state index is 10.8. The minimum absolute atomic E-state index is 0.190. The molecule has 0 fully saturated rings. The number of hydrogen-bond donors (Lipinski definition) is 3. The highest BCUT2D eigenvalue weighted by molar-refractivity contribution is 7.88. The molecule has 0 amide bonds. The number of para-hydroxylation sites is 1. The van der Waals surface area contributed by atoms with E-state index >= 15 is 0 Å². The zero-order valence-electron chi connectivity index (χ0n) is 8.27. The summed E-state index contributed by atoms with van der Waals surface area (Å²) in [5.41, 5.74) is 0.506. The second-order valence-corrected chi connectivity index (χ2v) is 5.03. The Morgan fingerprint density at radius 2 is 2.00 bits per heavy atom. The van der Waals surface area contributed by atoms with E-state index in [2.05, 4.69) is 4.72 Å². The van der Waals surface area contributed by atoms with Crippen LogP contribution in [0.25, 0.3) is 0 Å². The van der Waals surface area contributed by atoms with Gasteiger partial charge >= 0.3 is 0 Å². The summed E-state index contributed by atoms with van der Waals surface area (Å²) in [6.07, 6.45) is 1.39. The Hall–Kier alpha value is -1.27. The number of benzene rings is 1. The monoisotopic (exact) mass is 231 g/mol. The summed E-state index contributed by atoms with van der Waals surface area (Å²) in [7, 11) is -3.21. The van der Waals surface area contributed by atoms with Gasteiger partial charge in [0.05, 0.1) is 6.26 Å². The highest BCUT2D eigenvalue weighted by Crippen LogP contribution is 2.28. The molecule has 0 aliphatic heterocycles. The molecule has 0 atom stereocenters. The van der Waals surface area contributed by atoms with Crippen molar-refractivity contribution in [2.45, 2.75) is 6.42 Å².